The lowest BCUT2D eigenvalue weighted by molar-refractivity contribution is 0.648. The lowest BCUT2D eigenvalue weighted by Crippen LogP contribution is -2.09. The topological polar surface area (TPSA) is 27.1 Å². The second-order valence-corrected chi connectivity index (χ2v) is 8.31. The van der Waals surface area contributed by atoms with Gasteiger partial charge in [0.25, 0.3) is 0 Å². The number of hydrogen-bond donors (Lipinski definition) is 1. The zero-order valence-corrected chi connectivity index (χ0v) is 17.9. The van der Waals surface area contributed by atoms with E-state index in [-0.39, 0.29) is 0 Å². The lowest BCUT2D eigenvalue weighted by atomic mass is 9.86. The summed E-state index contributed by atoms with van der Waals surface area (Å²) < 4.78 is 0. The molecule has 0 bridgehead atoms. The third-order valence-corrected chi connectivity index (χ3v) is 6.16. The van der Waals surface area contributed by atoms with E-state index in [4.69, 9.17) is 5.41 Å². The van der Waals surface area contributed by atoms with Crippen molar-refractivity contribution in [3.05, 3.63) is 101 Å². The second-order valence-electron chi connectivity index (χ2n) is 8.31. The van der Waals surface area contributed by atoms with E-state index in [2.05, 4.69) is 83.8 Å². The van der Waals surface area contributed by atoms with Gasteiger partial charge in [-0.05, 0) is 64.8 Å². The molecule has 0 radical (unpaired) electrons. The standard InChI is InChI=1S/C28H30N2/c1-30(2)25-17-16-21(24(18-25)20-29)10-6-9-15-27-26-14-8-7-13-23(26)19-28(27)22-11-4-3-5-12-22/h3-5,7-8,11-14,16-20,27,29H,6,9-10,15H2,1-2H3. The van der Waals surface area contributed by atoms with Gasteiger partial charge in [0, 0.05) is 31.9 Å². The summed E-state index contributed by atoms with van der Waals surface area (Å²) in [5, 5.41) is 7.79. The molecule has 4 rings (SSSR count). The fourth-order valence-electron chi connectivity index (χ4n) is 4.51. The number of nitrogens with zero attached hydrogens (tertiary/aromatic N) is 1. The molecule has 3 aromatic carbocycles. The minimum absolute atomic E-state index is 0.474. The quantitative estimate of drug-likeness (QED) is 0.330. The van der Waals surface area contributed by atoms with Crippen molar-refractivity contribution in [2.75, 3.05) is 19.0 Å². The molecule has 2 heteroatoms. The molecule has 0 spiro atoms. The van der Waals surface area contributed by atoms with Gasteiger partial charge < -0.3 is 10.3 Å². The number of hydrogen-bond acceptors (Lipinski definition) is 2. The molecule has 0 aromatic heterocycles. The van der Waals surface area contributed by atoms with E-state index in [9.17, 15) is 0 Å². The molecule has 0 fully saturated rings. The van der Waals surface area contributed by atoms with E-state index in [0.29, 0.717) is 5.92 Å². The van der Waals surface area contributed by atoms with E-state index in [0.717, 1.165) is 30.5 Å². The highest BCUT2D eigenvalue weighted by molar-refractivity contribution is 5.91. The van der Waals surface area contributed by atoms with E-state index in [1.54, 1.807) is 0 Å². The van der Waals surface area contributed by atoms with Crippen LogP contribution in [0.4, 0.5) is 5.69 Å². The molecule has 1 atom stereocenters. The molecular formula is C28H30N2. The number of nitrogens with one attached hydrogen (secondary N) is 1. The van der Waals surface area contributed by atoms with Crippen LogP contribution in [0.25, 0.3) is 11.6 Å². The maximum absolute atomic E-state index is 7.79. The maximum Gasteiger partial charge on any atom is 0.0367 e. The Morgan fingerprint density at radius 1 is 0.900 bits per heavy atom. The van der Waals surface area contributed by atoms with Crippen molar-refractivity contribution in [1.29, 1.82) is 5.41 Å². The van der Waals surface area contributed by atoms with Gasteiger partial charge in [-0.2, -0.15) is 0 Å². The molecule has 1 N–H and O–H groups in total. The van der Waals surface area contributed by atoms with Crippen LogP contribution < -0.4 is 4.90 Å². The van der Waals surface area contributed by atoms with E-state index in [1.165, 1.54) is 40.5 Å². The first-order valence-corrected chi connectivity index (χ1v) is 10.8. The Morgan fingerprint density at radius 2 is 1.67 bits per heavy atom. The van der Waals surface area contributed by atoms with Gasteiger partial charge in [-0.3, -0.25) is 0 Å². The van der Waals surface area contributed by atoms with Gasteiger partial charge in [-0.1, -0.05) is 73.2 Å². The molecular weight excluding hydrogens is 364 g/mol. The lowest BCUT2D eigenvalue weighted by Gasteiger charge is -2.18. The number of fused-ring (bicyclic) bond motifs is 1. The zero-order valence-electron chi connectivity index (χ0n) is 17.9. The summed E-state index contributed by atoms with van der Waals surface area (Å²) in [4.78, 5) is 2.09. The summed E-state index contributed by atoms with van der Waals surface area (Å²) >= 11 is 0. The average molecular weight is 395 g/mol. The number of benzene rings is 3. The summed E-state index contributed by atoms with van der Waals surface area (Å²) in [6.07, 6.45) is 8.37. The molecule has 1 aliphatic rings. The van der Waals surface area contributed by atoms with Crippen molar-refractivity contribution in [3.63, 3.8) is 0 Å². The van der Waals surface area contributed by atoms with Gasteiger partial charge in [-0.25, -0.2) is 0 Å². The van der Waals surface area contributed by atoms with Crippen molar-refractivity contribution in [1.82, 2.24) is 0 Å². The zero-order chi connectivity index (χ0) is 20.9. The van der Waals surface area contributed by atoms with Crippen molar-refractivity contribution in [3.8, 4) is 0 Å². The fourth-order valence-corrected chi connectivity index (χ4v) is 4.51. The summed E-state index contributed by atoms with van der Waals surface area (Å²) in [6, 6.07) is 26.1. The van der Waals surface area contributed by atoms with Crippen molar-refractivity contribution in [2.24, 2.45) is 0 Å². The van der Waals surface area contributed by atoms with Crippen molar-refractivity contribution < 1.29 is 0 Å². The van der Waals surface area contributed by atoms with Gasteiger partial charge in [0.15, 0.2) is 0 Å². The number of rotatable bonds is 8. The van der Waals surface area contributed by atoms with Gasteiger partial charge in [0.2, 0.25) is 0 Å². The van der Waals surface area contributed by atoms with Crippen LogP contribution in [0.3, 0.4) is 0 Å². The molecule has 30 heavy (non-hydrogen) atoms. The maximum atomic E-state index is 7.79. The van der Waals surface area contributed by atoms with Crippen LogP contribution in [0.15, 0.2) is 72.8 Å². The van der Waals surface area contributed by atoms with Gasteiger partial charge in [-0.15, -0.1) is 0 Å². The average Bonchev–Trinajstić information content (AvgIpc) is 3.16. The number of allylic oxidation sites excluding steroid dienone is 1. The number of anilines is 1. The van der Waals surface area contributed by atoms with Crippen LogP contribution in [0.1, 0.15) is 53.0 Å². The predicted molar refractivity (Wildman–Crippen MR) is 130 cm³/mol. The van der Waals surface area contributed by atoms with Crippen LogP contribution in [-0.2, 0) is 6.42 Å². The largest absolute Gasteiger partial charge is 0.378 e. The Morgan fingerprint density at radius 3 is 2.43 bits per heavy atom. The first-order chi connectivity index (χ1) is 14.7. The highest BCUT2D eigenvalue weighted by Gasteiger charge is 2.25. The van der Waals surface area contributed by atoms with Crippen LogP contribution in [-0.4, -0.2) is 20.3 Å². The van der Waals surface area contributed by atoms with E-state index < -0.39 is 0 Å². The fraction of sp³-hybridized carbons (Fsp3) is 0.250. The molecule has 0 saturated carbocycles. The molecule has 0 saturated heterocycles. The minimum Gasteiger partial charge on any atom is -0.378 e. The normalized spacial score (nSPS) is 14.9. The highest BCUT2D eigenvalue weighted by atomic mass is 15.1. The molecule has 0 amide bonds. The first-order valence-electron chi connectivity index (χ1n) is 10.8. The predicted octanol–water partition coefficient (Wildman–Crippen LogP) is 6.80. The van der Waals surface area contributed by atoms with Gasteiger partial charge in [0.05, 0.1) is 0 Å². The smallest absolute Gasteiger partial charge is 0.0367 e. The molecule has 152 valence electrons. The second kappa shape index (κ2) is 9.13. The van der Waals surface area contributed by atoms with Crippen LogP contribution in [0, 0.1) is 5.41 Å². The summed E-state index contributed by atoms with van der Waals surface area (Å²) in [5.74, 6) is 0.474. The first kappa shape index (κ1) is 20.2. The van der Waals surface area contributed by atoms with Crippen molar-refractivity contribution in [2.45, 2.75) is 31.6 Å². The molecule has 2 nitrogen and oxygen atoms in total. The van der Waals surface area contributed by atoms with Gasteiger partial charge in [0.1, 0.15) is 0 Å². The molecule has 0 aliphatic heterocycles. The SMILES string of the molecule is CN(C)c1ccc(CCCCC2C(c3ccccc3)=Cc3ccccc32)c(C=N)c1. The van der Waals surface area contributed by atoms with Gasteiger partial charge >= 0.3 is 0 Å². The van der Waals surface area contributed by atoms with Crippen LogP contribution >= 0.6 is 0 Å². The third kappa shape index (κ3) is 4.23. The van der Waals surface area contributed by atoms with Crippen LogP contribution in [0.5, 0.6) is 0 Å². The monoisotopic (exact) mass is 394 g/mol. The molecule has 1 aliphatic carbocycles. The molecule has 3 aromatic rings. The summed E-state index contributed by atoms with van der Waals surface area (Å²) in [6.45, 7) is 0. The van der Waals surface area contributed by atoms with E-state index in [1.807, 2.05) is 14.1 Å². The Balaban J connectivity index is 1.44. The highest BCUT2D eigenvalue weighted by Crippen LogP contribution is 2.44. The Kier molecular flexibility index (Phi) is 6.13. The van der Waals surface area contributed by atoms with Crippen molar-refractivity contribution >= 4 is 23.6 Å². The Labute approximate surface area is 180 Å². The minimum atomic E-state index is 0.474. The number of unbranched alkanes of at least 4 members (excludes halogenated alkanes) is 1. The van der Waals surface area contributed by atoms with E-state index >= 15 is 0 Å². The molecule has 1 unspecified atom stereocenters. The number of aryl methyl sites for hydroxylation is 1. The third-order valence-electron chi connectivity index (χ3n) is 6.16. The Bertz CT molecular complexity index is 1050. The molecule has 0 heterocycles. The summed E-state index contributed by atoms with van der Waals surface area (Å²) in [5.41, 5.74) is 9.09. The Hall–Kier alpha value is -3.13. The van der Waals surface area contributed by atoms with Crippen LogP contribution in [0.2, 0.25) is 0 Å². The summed E-state index contributed by atoms with van der Waals surface area (Å²) in [7, 11) is 4.08.